The van der Waals surface area contributed by atoms with Crippen molar-refractivity contribution in [2.45, 2.75) is 45.6 Å². The smallest absolute Gasteiger partial charge is 0.207 e. The van der Waals surface area contributed by atoms with Crippen LogP contribution in [0.3, 0.4) is 0 Å². The van der Waals surface area contributed by atoms with E-state index in [1.807, 2.05) is 52.8 Å². The summed E-state index contributed by atoms with van der Waals surface area (Å²) in [5.74, 6) is 0.0329. The van der Waals surface area contributed by atoms with Gasteiger partial charge in [0.25, 0.3) is 0 Å². The van der Waals surface area contributed by atoms with Crippen LogP contribution in [0.25, 0.3) is 0 Å². The third-order valence-electron chi connectivity index (χ3n) is 3.95. The lowest BCUT2D eigenvalue weighted by molar-refractivity contribution is 0.324. The van der Waals surface area contributed by atoms with Gasteiger partial charge in [-0.2, -0.15) is 9.57 Å². The van der Waals surface area contributed by atoms with E-state index in [1.54, 1.807) is 12.2 Å². The maximum absolute atomic E-state index is 13.4. The first-order valence-electron chi connectivity index (χ1n) is 8.17. The molecule has 0 fully saturated rings. The molecule has 0 aliphatic carbocycles. The van der Waals surface area contributed by atoms with Crippen molar-refractivity contribution in [2.75, 3.05) is 6.54 Å². The van der Waals surface area contributed by atoms with E-state index >= 15 is 0 Å². The normalized spacial score (nSPS) is 13.0. The van der Waals surface area contributed by atoms with Crippen molar-refractivity contribution in [1.29, 1.82) is 5.26 Å². The number of nitrogens with zero attached hydrogens (tertiary/aromatic N) is 2. The summed E-state index contributed by atoms with van der Waals surface area (Å²) in [6.07, 6.45) is 4.52. The zero-order valence-corrected chi connectivity index (χ0v) is 16.4. The Kier molecular flexibility index (Phi) is 7.38. The molecule has 134 valence electrons. The van der Waals surface area contributed by atoms with Gasteiger partial charge in [-0.15, -0.1) is 5.73 Å². The topological polar surface area (TPSA) is 61.2 Å². The zero-order valence-electron chi connectivity index (χ0n) is 15.6. The van der Waals surface area contributed by atoms with Crippen LogP contribution in [0.15, 0.2) is 47.6 Å². The van der Waals surface area contributed by atoms with Crippen LogP contribution < -0.4 is 0 Å². The van der Waals surface area contributed by atoms with Crippen LogP contribution in [-0.4, -0.2) is 25.3 Å². The van der Waals surface area contributed by atoms with Crippen molar-refractivity contribution in [3.63, 3.8) is 0 Å². The van der Waals surface area contributed by atoms with Gasteiger partial charge < -0.3 is 0 Å². The standard InChI is InChI=1S/C20H26N2O2S/c1-7-10-19(15(2)3)22(12-9-8-11-21)25(23,24)20-17(5)13-16(4)14-18(20)6/h8-10,13-15,19H,1,12H2,2-6H3/b9-8-/t19-/m1/s1. The summed E-state index contributed by atoms with van der Waals surface area (Å²) >= 11 is 0. The molecular formula is C20H26N2O2S. The Morgan fingerprint density at radius 1 is 1.24 bits per heavy atom. The highest BCUT2D eigenvalue weighted by atomic mass is 32.2. The molecule has 0 heterocycles. The highest BCUT2D eigenvalue weighted by molar-refractivity contribution is 7.89. The average Bonchev–Trinajstić information content (AvgIpc) is 2.48. The molecule has 1 aromatic carbocycles. The Morgan fingerprint density at radius 2 is 1.80 bits per heavy atom. The lowest BCUT2D eigenvalue weighted by atomic mass is 10.0. The quantitative estimate of drug-likeness (QED) is 0.546. The molecule has 0 N–H and O–H groups in total. The van der Waals surface area contributed by atoms with Gasteiger partial charge in [0.1, 0.15) is 0 Å². The maximum Gasteiger partial charge on any atom is 0.244 e. The number of aryl methyl sites for hydroxylation is 3. The fourth-order valence-electron chi connectivity index (χ4n) is 3.01. The SMILES string of the molecule is C=C=C[C@H](C(C)C)N(C/C=C\C#N)S(=O)(=O)c1c(C)cc(C)cc1C. The molecule has 0 bridgehead atoms. The monoisotopic (exact) mass is 358 g/mol. The second kappa shape index (κ2) is 8.82. The minimum atomic E-state index is -3.75. The molecule has 1 atom stereocenters. The number of benzene rings is 1. The predicted molar refractivity (Wildman–Crippen MR) is 102 cm³/mol. The van der Waals surface area contributed by atoms with Crippen molar-refractivity contribution in [2.24, 2.45) is 5.92 Å². The Morgan fingerprint density at radius 3 is 2.24 bits per heavy atom. The van der Waals surface area contributed by atoms with E-state index in [1.165, 1.54) is 10.4 Å². The fraction of sp³-hybridized carbons (Fsp3) is 0.400. The van der Waals surface area contributed by atoms with Crippen LogP contribution in [-0.2, 0) is 10.0 Å². The first kappa shape index (κ1) is 20.9. The van der Waals surface area contributed by atoms with E-state index in [2.05, 4.69) is 12.3 Å². The number of rotatable bonds is 7. The molecular weight excluding hydrogens is 332 g/mol. The van der Waals surface area contributed by atoms with Gasteiger partial charge in [0.15, 0.2) is 0 Å². The van der Waals surface area contributed by atoms with Crippen molar-refractivity contribution in [1.82, 2.24) is 4.31 Å². The third-order valence-corrected chi connectivity index (χ3v) is 6.12. The van der Waals surface area contributed by atoms with Crippen LogP contribution in [0.1, 0.15) is 30.5 Å². The van der Waals surface area contributed by atoms with E-state index in [0.717, 1.165) is 16.7 Å². The van der Waals surface area contributed by atoms with Crippen LogP contribution in [0, 0.1) is 38.0 Å². The Bertz CT molecular complexity index is 816. The number of hydrogen-bond donors (Lipinski definition) is 0. The van der Waals surface area contributed by atoms with E-state index in [0.29, 0.717) is 4.90 Å². The van der Waals surface area contributed by atoms with Crippen molar-refractivity contribution < 1.29 is 8.42 Å². The Labute approximate surface area is 151 Å². The minimum absolute atomic E-state index is 0.0329. The largest absolute Gasteiger partial charge is 0.244 e. The van der Waals surface area contributed by atoms with Gasteiger partial charge in [-0.1, -0.05) is 44.2 Å². The Balaban J connectivity index is 3.59. The molecule has 25 heavy (non-hydrogen) atoms. The summed E-state index contributed by atoms with van der Waals surface area (Å²) in [4.78, 5) is 0.326. The van der Waals surface area contributed by atoms with Gasteiger partial charge in [-0.3, -0.25) is 0 Å². The van der Waals surface area contributed by atoms with E-state index in [9.17, 15) is 8.42 Å². The number of hydrogen-bond acceptors (Lipinski definition) is 3. The second-order valence-electron chi connectivity index (χ2n) is 6.44. The molecule has 0 aromatic heterocycles. The van der Waals surface area contributed by atoms with Gasteiger partial charge >= 0.3 is 0 Å². The first-order valence-corrected chi connectivity index (χ1v) is 9.61. The predicted octanol–water partition coefficient (Wildman–Crippen LogP) is 4.05. The summed E-state index contributed by atoms with van der Waals surface area (Å²) in [5, 5.41) is 8.73. The molecule has 0 amide bonds. The lowest BCUT2D eigenvalue weighted by Gasteiger charge is -2.31. The minimum Gasteiger partial charge on any atom is -0.207 e. The molecule has 0 aliphatic rings. The molecule has 1 rings (SSSR count). The molecule has 0 radical (unpaired) electrons. The van der Waals surface area contributed by atoms with Crippen LogP contribution in [0.2, 0.25) is 0 Å². The van der Waals surface area contributed by atoms with Gasteiger partial charge in [0.05, 0.1) is 17.0 Å². The van der Waals surface area contributed by atoms with E-state index in [4.69, 9.17) is 5.26 Å². The van der Waals surface area contributed by atoms with Crippen molar-refractivity contribution in [3.05, 3.63) is 59.4 Å². The molecule has 0 saturated heterocycles. The number of sulfonamides is 1. The third kappa shape index (κ3) is 4.93. The molecule has 0 aliphatic heterocycles. The zero-order chi connectivity index (χ0) is 19.2. The van der Waals surface area contributed by atoms with Crippen molar-refractivity contribution >= 4 is 10.0 Å². The van der Waals surface area contributed by atoms with E-state index in [-0.39, 0.29) is 12.5 Å². The van der Waals surface area contributed by atoms with Crippen LogP contribution in [0.4, 0.5) is 0 Å². The second-order valence-corrected chi connectivity index (χ2v) is 8.27. The number of allylic oxidation sites excluding steroid dienone is 1. The summed E-state index contributed by atoms with van der Waals surface area (Å²) < 4.78 is 28.3. The van der Waals surface area contributed by atoms with E-state index < -0.39 is 16.1 Å². The highest BCUT2D eigenvalue weighted by Crippen LogP contribution is 2.28. The Hall–Kier alpha value is -2.12. The maximum atomic E-state index is 13.4. The van der Waals surface area contributed by atoms with Gasteiger partial charge in [0.2, 0.25) is 10.0 Å². The summed E-state index contributed by atoms with van der Waals surface area (Å²) in [5.41, 5.74) is 5.17. The summed E-state index contributed by atoms with van der Waals surface area (Å²) in [7, 11) is -3.75. The molecule has 5 heteroatoms. The summed E-state index contributed by atoms with van der Waals surface area (Å²) in [6.45, 7) is 13.2. The molecule has 4 nitrogen and oxygen atoms in total. The van der Waals surface area contributed by atoms with Crippen LogP contribution >= 0.6 is 0 Å². The lowest BCUT2D eigenvalue weighted by Crippen LogP contribution is -2.42. The molecule has 0 spiro atoms. The average molecular weight is 359 g/mol. The summed E-state index contributed by atoms with van der Waals surface area (Å²) in [6, 6.07) is 5.25. The van der Waals surface area contributed by atoms with Gasteiger partial charge in [-0.25, -0.2) is 8.42 Å². The van der Waals surface area contributed by atoms with Crippen molar-refractivity contribution in [3.8, 4) is 6.07 Å². The number of nitriles is 1. The van der Waals surface area contributed by atoms with Crippen LogP contribution in [0.5, 0.6) is 0 Å². The fourth-order valence-corrected chi connectivity index (χ4v) is 5.08. The highest BCUT2D eigenvalue weighted by Gasteiger charge is 2.33. The van der Waals surface area contributed by atoms with Gasteiger partial charge in [-0.05, 0) is 43.9 Å². The molecule has 0 saturated carbocycles. The first-order chi connectivity index (χ1) is 11.7. The molecule has 0 unspecified atom stereocenters. The van der Waals surface area contributed by atoms with Gasteiger partial charge in [0, 0.05) is 12.6 Å². The molecule has 1 aromatic rings.